The smallest absolute Gasteiger partial charge is 0.214 e. The molecule has 0 radical (unpaired) electrons. The molecule has 1 heterocycles. The van der Waals surface area contributed by atoms with Crippen molar-refractivity contribution in [1.29, 1.82) is 0 Å². The number of rotatable bonds is 8. The summed E-state index contributed by atoms with van der Waals surface area (Å²) in [6, 6.07) is 0.226. The molecular formula is C13H28N2O2S. The summed E-state index contributed by atoms with van der Waals surface area (Å²) in [7, 11) is -3.04. The maximum Gasteiger partial charge on any atom is 0.214 e. The second-order valence-electron chi connectivity index (χ2n) is 5.44. The van der Waals surface area contributed by atoms with Gasteiger partial charge in [-0.3, -0.25) is 0 Å². The van der Waals surface area contributed by atoms with Gasteiger partial charge in [0, 0.05) is 12.6 Å². The van der Waals surface area contributed by atoms with Crippen molar-refractivity contribution in [3.63, 3.8) is 0 Å². The summed E-state index contributed by atoms with van der Waals surface area (Å²) in [5.41, 5.74) is 0. The molecule has 0 saturated carbocycles. The zero-order valence-electron chi connectivity index (χ0n) is 12.0. The van der Waals surface area contributed by atoms with Crippen molar-refractivity contribution >= 4 is 10.0 Å². The fraction of sp³-hybridized carbons (Fsp3) is 1.00. The first-order chi connectivity index (χ1) is 8.49. The summed E-state index contributed by atoms with van der Waals surface area (Å²) in [6.07, 6.45) is 3.73. The van der Waals surface area contributed by atoms with Crippen LogP contribution in [0.3, 0.4) is 0 Å². The molecule has 1 unspecified atom stereocenters. The van der Waals surface area contributed by atoms with Gasteiger partial charge < -0.3 is 5.32 Å². The van der Waals surface area contributed by atoms with Gasteiger partial charge >= 0.3 is 0 Å². The van der Waals surface area contributed by atoms with Crippen molar-refractivity contribution in [2.24, 2.45) is 5.92 Å². The standard InChI is InChI=1S/C13H28N2O2S/c1-4-14-9-5-6-11-18(16,17)15-10-7-8-13(15)12(2)3/h12-14H,4-11H2,1-3H3. The van der Waals surface area contributed by atoms with E-state index in [1.165, 1.54) is 0 Å². The molecule has 1 saturated heterocycles. The van der Waals surface area contributed by atoms with E-state index in [4.69, 9.17) is 0 Å². The average molecular weight is 276 g/mol. The molecule has 0 aromatic heterocycles. The summed E-state index contributed by atoms with van der Waals surface area (Å²) >= 11 is 0. The highest BCUT2D eigenvalue weighted by molar-refractivity contribution is 7.89. The Hall–Kier alpha value is -0.130. The van der Waals surface area contributed by atoms with Crippen molar-refractivity contribution in [3.05, 3.63) is 0 Å². The SMILES string of the molecule is CCNCCCCS(=O)(=O)N1CCCC1C(C)C. The number of hydrogen-bond donors (Lipinski definition) is 1. The number of hydrogen-bond acceptors (Lipinski definition) is 3. The van der Waals surface area contributed by atoms with E-state index >= 15 is 0 Å². The monoisotopic (exact) mass is 276 g/mol. The van der Waals surface area contributed by atoms with Crippen LogP contribution in [0.1, 0.15) is 46.5 Å². The molecule has 1 aliphatic heterocycles. The lowest BCUT2D eigenvalue weighted by molar-refractivity contribution is 0.315. The molecule has 18 heavy (non-hydrogen) atoms. The number of unbranched alkanes of at least 4 members (excludes halogenated alkanes) is 1. The molecule has 0 bridgehead atoms. The zero-order valence-corrected chi connectivity index (χ0v) is 12.8. The van der Waals surface area contributed by atoms with E-state index in [1.807, 2.05) is 0 Å². The molecule has 1 atom stereocenters. The molecule has 1 aliphatic rings. The van der Waals surface area contributed by atoms with E-state index in [2.05, 4.69) is 26.1 Å². The lowest BCUT2D eigenvalue weighted by Crippen LogP contribution is -2.39. The largest absolute Gasteiger partial charge is 0.317 e. The molecule has 108 valence electrons. The number of nitrogens with one attached hydrogen (secondary N) is 1. The van der Waals surface area contributed by atoms with Crippen molar-refractivity contribution in [1.82, 2.24) is 9.62 Å². The van der Waals surface area contributed by atoms with Crippen LogP contribution in [-0.4, -0.2) is 44.2 Å². The van der Waals surface area contributed by atoms with Crippen molar-refractivity contribution < 1.29 is 8.42 Å². The minimum absolute atomic E-state index is 0.226. The fourth-order valence-electron chi connectivity index (χ4n) is 2.61. The Morgan fingerprint density at radius 3 is 2.67 bits per heavy atom. The van der Waals surface area contributed by atoms with Gasteiger partial charge in [0.1, 0.15) is 0 Å². The molecule has 1 fully saturated rings. The Labute approximate surface area is 112 Å². The molecular weight excluding hydrogens is 248 g/mol. The predicted octanol–water partition coefficient (Wildman–Crippen LogP) is 1.83. The van der Waals surface area contributed by atoms with E-state index in [1.54, 1.807) is 4.31 Å². The van der Waals surface area contributed by atoms with Crippen molar-refractivity contribution in [2.75, 3.05) is 25.4 Å². The van der Waals surface area contributed by atoms with Gasteiger partial charge in [-0.1, -0.05) is 20.8 Å². The van der Waals surface area contributed by atoms with E-state index in [0.717, 1.165) is 45.3 Å². The van der Waals surface area contributed by atoms with Gasteiger partial charge in [0.25, 0.3) is 0 Å². The fourth-order valence-corrected chi connectivity index (χ4v) is 4.58. The van der Waals surface area contributed by atoms with Gasteiger partial charge in [-0.15, -0.1) is 0 Å². The summed E-state index contributed by atoms with van der Waals surface area (Å²) in [5, 5.41) is 3.22. The lowest BCUT2D eigenvalue weighted by Gasteiger charge is -2.26. The highest BCUT2D eigenvalue weighted by Crippen LogP contribution is 2.27. The van der Waals surface area contributed by atoms with Gasteiger partial charge in [-0.05, 0) is 44.7 Å². The summed E-state index contributed by atoms with van der Waals surface area (Å²) in [6.45, 7) is 8.88. The topological polar surface area (TPSA) is 49.4 Å². The lowest BCUT2D eigenvalue weighted by atomic mass is 10.0. The van der Waals surface area contributed by atoms with Crippen LogP contribution in [0.25, 0.3) is 0 Å². The Morgan fingerprint density at radius 2 is 2.06 bits per heavy atom. The normalized spacial score (nSPS) is 21.9. The Morgan fingerprint density at radius 1 is 1.33 bits per heavy atom. The zero-order chi connectivity index (χ0) is 13.6. The van der Waals surface area contributed by atoms with Crippen LogP contribution in [0.15, 0.2) is 0 Å². The summed E-state index contributed by atoms with van der Waals surface area (Å²) < 4.78 is 26.3. The molecule has 0 aromatic rings. The minimum Gasteiger partial charge on any atom is -0.317 e. The third-order valence-corrected chi connectivity index (χ3v) is 5.60. The quantitative estimate of drug-likeness (QED) is 0.688. The van der Waals surface area contributed by atoms with E-state index in [9.17, 15) is 8.42 Å². The van der Waals surface area contributed by atoms with Gasteiger partial charge in [-0.25, -0.2) is 8.42 Å². The number of sulfonamides is 1. The van der Waals surface area contributed by atoms with Crippen LogP contribution in [0.5, 0.6) is 0 Å². The maximum absolute atomic E-state index is 12.3. The third kappa shape index (κ3) is 4.52. The van der Waals surface area contributed by atoms with Crippen molar-refractivity contribution in [3.8, 4) is 0 Å². The summed E-state index contributed by atoms with van der Waals surface area (Å²) in [4.78, 5) is 0. The first-order valence-corrected chi connectivity index (χ1v) is 8.80. The second-order valence-corrected chi connectivity index (χ2v) is 7.48. The average Bonchev–Trinajstić information content (AvgIpc) is 2.78. The molecule has 5 heteroatoms. The second kappa shape index (κ2) is 7.46. The molecule has 1 N–H and O–H groups in total. The van der Waals surface area contributed by atoms with Crippen LogP contribution in [0.2, 0.25) is 0 Å². The van der Waals surface area contributed by atoms with Gasteiger partial charge in [0.15, 0.2) is 0 Å². The van der Waals surface area contributed by atoms with Gasteiger partial charge in [-0.2, -0.15) is 4.31 Å². The van der Waals surface area contributed by atoms with E-state index in [0.29, 0.717) is 11.7 Å². The Balaban J connectivity index is 2.42. The maximum atomic E-state index is 12.3. The van der Waals surface area contributed by atoms with E-state index in [-0.39, 0.29) is 6.04 Å². The number of nitrogens with zero attached hydrogens (tertiary/aromatic N) is 1. The summed E-state index contributed by atoms with van der Waals surface area (Å²) in [5.74, 6) is 0.728. The minimum atomic E-state index is -3.04. The molecule has 0 aromatic carbocycles. The first kappa shape index (κ1) is 15.9. The molecule has 0 aliphatic carbocycles. The van der Waals surface area contributed by atoms with Crippen molar-refractivity contribution in [2.45, 2.75) is 52.5 Å². The molecule has 0 amide bonds. The molecule has 1 rings (SSSR count). The Bertz CT molecular complexity index is 328. The van der Waals surface area contributed by atoms with Crippen LogP contribution < -0.4 is 5.32 Å². The predicted molar refractivity (Wildman–Crippen MR) is 76.1 cm³/mol. The van der Waals surface area contributed by atoms with E-state index < -0.39 is 10.0 Å². The molecule has 4 nitrogen and oxygen atoms in total. The van der Waals surface area contributed by atoms with Gasteiger partial charge in [0.05, 0.1) is 5.75 Å². The Kier molecular flexibility index (Phi) is 6.60. The van der Waals surface area contributed by atoms with Crippen LogP contribution in [0, 0.1) is 5.92 Å². The van der Waals surface area contributed by atoms with Crippen LogP contribution >= 0.6 is 0 Å². The highest BCUT2D eigenvalue weighted by atomic mass is 32.2. The van der Waals surface area contributed by atoms with Crippen LogP contribution in [-0.2, 0) is 10.0 Å². The first-order valence-electron chi connectivity index (χ1n) is 7.19. The van der Waals surface area contributed by atoms with Gasteiger partial charge in [0.2, 0.25) is 10.0 Å². The third-order valence-electron chi connectivity index (χ3n) is 3.63. The highest BCUT2D eigenvalue weighted by Gasteiger charge is 2.35. The molecule has 0 spiro atoms. The van der Waals surface area contributed by atoms with Crippen LogP contribution in [0.4, 0.5) is 0 Å².